The Balaban J connectivity index is 2.09. The van der Waals surface area contributed by atoms with E-state index in [2.05, 4.69) is 12.2 Å². The van der Waals surface area contributed by atoms with Crippen LogP contribution in [-0.4, -0.2) is 20.7 Å². The highest BCUT2D eigenvalue weighted by atomic mass is 35.5. The maximum absolute atomic E-state index is 11.9. The molecule has 1 fully saturated rings. The van der Waals surface area contributed by atoms with Gasteiger partial charge in [0.1, 0.15) is 0 Å². The van der Waals surface area contributed by atoms with Crippen molar-refractivity contribution in [2.45, 2.75) is 56.5 Å². The molecule has 0 saturated heterocycles. The zero-order chi connectivity index (χ0) is 15.5. The molecule has 2 unspecified atom stereocenters. The van der Waals surface area contributed by atoms with Gasteiger partial charge < -0.3 is 5.32 Å². The molecule has 5 heteroatoms. The molecule has 0 radical (unpaired) electrons. The first kappa shape index (κ1) is 16.8. The van der Waals surface area contributed by atoms with Crippen molar-refractivity contribution < 1.29 is 8.42 Å². The maximum Gasteiger partial charge on any atom is 0.175 e. The molecule has 1 aliphatic rings. The van der Waals surface area contributed by atoms with Gasteiger partial charge >= 0.3 is 0 Å². The molecule has 3 nitrogen and oxygen atoms in total. The second-order valence-corrected chi connectivity index (χ2v) is 8.57. The molecule has 1 N–H and O–H groups in total. The summed E-state index contributed by atoms with van der Waals surface area (Å²) in [6.07, 6.45) is 7.30. The molecule has 0 heterocycles. The van der Waals surface area contributed by atoms with Crippen molar-refractivity contribution in [3.8, 4) is 0 Å². The zero-order valence-electron chi connectivity index (χ0n) is 12.7. The van der Waals surface area contributed by atoms with E-state index < -0.39 is 9.84 Å². The molecule has 0 bridgehead atoms. The van der Waals surface area contributed by atoms with Crippen molar-refractivity contribution in [3.05, 3.63) is 28.8 Å². The summed E-state index contributed by atoms with van der Waals surface area (Å²) in [7, 11) is -3.25. The molecule has 2 rings (SSSR count). The average molecular weight is 330 g/mol. The largest absolute Gasteiger partial charge is 0.310 e. The van der Waals surface area contributed by atoms with Gasteiger partial charge in [0.05, 0.1) is 4.90 Å². The summed E-state index contributed by atoms with van der Waals surface area (Å²) < 4.78 is 23.7. The topological polar surface area (TPSA) is 46.2 Å². The Labute approximate surface area is 133 Å². The number of hydrogen-bond donors (Lipinski definition) is 1. The minimum absolute atomic E-state index is 0.337. The lowest BCUT2D eigenvalue weighted by Gasteiger charge is -2.18. The van der Waals surface area contributed by atoms with E-state index in [4.69, 9.17) is 11.6 Å². The molecule has 1 aromatic carbocycles. The normalized spacial score (nSPS) is 23.8. The molecule has 0 aliphatic heterocycles. The lowest BCUT2D eigenvalue weighted by atomic mass is 10.0. The summed E-state index contributed by atoms with van der Waals surface area (Å²) >= 11 is 6.20. The fourth-order valence-electron chi connectivity index (χ4n) is 3.00. The average Bonchev–Trinajstić information content (AvgIpc) is 2.61. The molecule has 2 atom stereocenters. The van der Waals surface area contributed by atoms with E-state index in [9.17, 15) is 8.42 Å². The van der Waals surface area contributed by atoms with Crippen LogP contribution in [0.2, 0.25) is 5.02 Å². The van der Waals surface area contributed by atoms with Crippen molar-refractivity contribution >= 4 is 21.4 Å². The zero-order valence-corrected chi connectivity index (χ0v) is 14.3. The van der Waals surface area contributed by atoms with E-state index >= 15 is 0 Å². The van der Waals surface area contributed by atoms with Crippen LogP contribution in [0, 0.1) is 5.92 Å². The highest BCUT2D eigenvalue weighted by molar-refractivity contribution is 7.90. The highest BCUT2D eigenvalue weighted by Crippen LogP contribution is 2.26. The van der Waals surface area contributed by atoms with E-state index in [1.165, 1.54) is 25.5 Å². The monoisotopic (exact) mass is 329 g/mol. The van der Waals surface area contributed by atoms with Crippen LogP contribution < -0.4 is 5.32 Å². The van der Waals surface area contributed by atoms with Gasteiger partial charge in [-0.1, -0.05) is 37.4 Å². The van der Waals surface area contributed by atoms with Crippen LogP contribution in [0.15, 0.2) is 23.1 Å². The molecule has 0 aromatic heterocycles. The second-order valence-electron chi connectivity index (χ2n) is 6.18. The Morgan fingerprint density at radius 3 is 2.71 bits per heavy atom. The first-order chi connectivity index (χ1) is 9.88. The van der Waals surface area contributed by atoms with Crippen LogP contribution in [0.1, 0.15) is 44.6 Å². The third-order valence-electron chi connectivity index (χ3n) is 4.30. The number of nitrogens with one attached hydrogen (secondary N) is 1. The van der Waals surface area contributed by atoms with Crippen LogP contribution >= 0.6 is 11.6 Å². The number of sulfone groups is 1. The van der Waals surface area contributed by atoms with Crippen molar-refractivity contribution in [2.75, 3.05) is 6.26 Å². The summed E-state index contributed by atoms with van der Waals surface area (Å²) in [5.41, 5.74) is 0.693. The van der Waals surface area contributed by atoms with Gasteiger partial charge in [0.15, 0.2) is 9.84 Å². The minimum atomic E-state index is -3.25. The molecular formula is C16H24ClNO2S. The standard InChI is InChI=1S/C16H24ClNO2S/c1-12-5-3-6-13(10-9-12)18-11-14-15(17)7-4-8-16(14)21(2,19)20/h4,7-8,12-13,18H,3,5-6,9-11H2,1-2H3. The summed E-state index contributed by atoms with van der Waals surface area (Å²) in [6, 6.07) is 5.53. The maximum atomic E-state index is 11.9. The van der Waals surface area contributed by atoms with Gasteiger partial charge in [-0.2, -0.15) is 0 Å². The number of rotatable bonds is 4. The van der Waals surface area contributed by atoms with Crippen LogP contribution in [0.25, 0.3) is 0 Å². The van der Waals surface area contributed by atoms with Crippen LogP contribution in [0.5, 0.6) is 0 Å². The Kier molecular flexibility index (Phi) is 5.69. The minimum Gasteiger partial charge on any atom is -0.310 e. The van der Waals surface area contributed by atoms with Gasteiger partial charge in [-0.05, 0) is 37.3 Å². The smallest absolute Gasteiger partial charge is 0.175 e. The Hall–Kier alpha value is -0.580. The number of halogens is 1. The molecule has 1 saturated carbocycles. The van der Waals surface area contributed by atoms with E-state index in [0.29, 0.717) is 28.1 Å². The van der Waals surface area contributed by atoms with Crippen molar-refractivity contribution in [1.82, 2.24) is 5.32 Å². The van der Waals surface area contributed by atoms with Gasteiger partial charge in [-0.25, -0.2) is 8.42 Å². The van der Waals surface area contributed by atoms with Crippen molar-refractivity contribution in [2.24, 2.45) is 5.92 Å². The van der Waals surface area contributed by atoms with Gasteiger partial charge in [0.2, 0.25) is 0 Å². The highest BCUT2D eigenvalue weighted by Gasteiger charge is 2.19. The summed E-state index contributed by atoms with van der Waals surface area (Å²) in [4.78, 5) is 0.337. The lowest BCUT2D eigenvalue weighted by molar-refractivity contribution is 0.445. The van der Waals surface area contributed by atoms with Crippen LogP contribution in [0.3, 0.4) is 0 Å². The molecule has 118 valence electrons. The van der Waals surface area contributed by atoms with Crippen LogP contribution in [-0.2, 0) is 16.4 Å². The van der Waals surface area contributed by atoms with Gasteiger partial charge in [0.25, 0.3) is 0 Å². The summed E-state index contributed by atoms with van der Waals surface area (Å²) in [6.45, 7) is 2.82. The molecular weight excluding hydrogens is 306 g/mol. The van der Waals surface area contributed by atoms with Gasteiger partial charge in [-0.15, -0.1) is 0 Å². The SMILES string of the molecule is CC1CCCC(NCc2c(Cl)cccc2S(C)(=O)=O)CC1. The third kappa shape index (κ3) is 4.70. The lowest BCUT2D eigenvalue weighted by Crippen LogP contribution is -2.28. The Morgan fingerprint density at radius 2 is 2.00 bits per heavy atom. The van der Waals surface area contributed by atoms with E-state index in [1.54, 1.807) is 18.2 Å². The Morgan fingerprint density at radius 1 is 1.24 bits per heavy atom. The molecule has 21 heavy (non-hydrogen) atoms. The second kappa shape index (κ2) is 7.12. The van der Waals surface area contributed by atoms with Crippen molar-refractivity contribution in [3.63, 3.8) is 0 Å². The first-order valence-electron chi connectivity index (χ1n) is 7.58. The Bertz CT molecular complexity index is 586. The third-order valence-corrected chi connectivity index (χ3v) is 5.84. The number of hydrogen-bond acceptors (Lipinski definition) is 3. The molecule has 1 aromatic rings. The first-order valence-corrected chi connectivity index (χ1v) is 9.85. The van der Waals surface area contributed by atoms with Crippen molar-refractivity contribution in [1.29, 1.82) is 0 Å². The van der Waals surface area contributed by atoms with Gasteiger partial charge in [0, 0.05) is 29.4 Å². The predicted octanol–water partition coefficient (Wildman–Crippen LogP) is 3.80. The fraction of sp³-hybridized carbons (Fsp3) is 0.625. The fourth-order valence-corrected chi connectivity index (χ4v) is 4.25. The molecule has 1 aliphatic carbocycles. The van der Waals surface area contributed by atoms with Gasteiger partial charge in [-0.3, -0.25) is 0 Å². The molecule has 0 amide bonds. The summed E-state index contributed by atoms with van der Waals surface area (Å²) in [5.74, 6) is 0.795. The van der Waals surface area contributed by atoms with E-state index in [1.807, 2.05) is 0 Å². The predicted molar refractivity (Wildman–Crippen MR) is 87.4 cm³/mol. The number of benzene rings is 1. The van der Waals surface area contributed by atoms with E-state index in [0.717, 1.165) is 18.8 Å². The van der Waals surface area contributed by atoms with Crippen LogP contribution in [0.4, 0.5) is 0 Å². The molecule has 0 spiro atoms. The van der Waals surface area contributed by atoms with E-state index in [-0.39, 0.29) is 0 Å². The summed E-state index contributed by atoms with van der Waals surface area (Å²) in [5, 5.41) is 4.02. The quantitative estimate of drug-likeness (QED) is 0.854.